The third kappa shape index (κ3) is 4.04. The zero-order valence-electron chi connectivity index (χ0n) is 16.1. The van der Waals surface area contributed by atoms with Crippen LogP contribution in [0.1, 0.15) is 72.1 Å². The van der Waals surface area contributed by atoms with Gasteiger partial charge in [0.2, 0.25) is 0 Å². The predicted octanol–water partition coefficient (Wildman–Crippen LogP) is 5.50. The first-order chi connectivity index (χ1) is 10.7. The van der Waals surface area contributed by atoms with Crippen LogP contribution >= 0.6 is 7.60 Å². The van der Waals surface area contributed by atoms with Gasteiger partial charge in [-0.05, 0) is 41.4 Å². The monoisotopic (exact) mass is 354 g/mol. The molecule has 1 aliphatic heterocycles. The first-order valence-corrected chi connectivity index (χ1v) is 10.3. The van der Waals surface area contributed by atoms with Crippen molar-refractivity contribution in [3.05, 3.63) is 28.8 Å². The van der Waals surface area contributed by atoms with Crippen molar-refractivity contribution in [2.45, 2.75) is 84.6 Å². The van der Waals surface area contributed by atoms with Crippen molar-refractivity contribution < 1.29 is 18.7 Å². The Hall–Kier alpha value is -0.830. The Labute approximate surface area is 146 Å². The molecule has 0 saturated carbocycles. The number of hydrogen-bond acceptors (Lipinski definition) is 4. The Bertz CT molecular complexity index is 618. The van der Waals surface area contributed by atoms with Crippen LogP contribution in [-0.2, 0) is 30.6 Å². The molecule has 2 atom stereocenters. The fourth-order valence-electron chi connectivity index (χ4n) is 2.93. The van der Waals surface area contributed by atoms with Crippen molar-refractivity contribution >= 4 is 7.60 Å². The number of hydrogen-bond donors (Lipinski definition) is 1. The molecular formula is C19H31O4P. The predicted molar refractivity (Wildman–Crippen MR) is 97.9 cm³/mol. The number of rotatable bonds is 2. The molecule has 0 spiro atoms. The number of benzene rings is 1. The fraction of sp³-hybridized carbons (Fsp3) is 0.684. The molecule has 0 amide bonds. The van der Waals surface area contributed by atoms with Gasteiger partial charge in [0, 0.05) is 0 Å². The van der Waals surface area contributed by atoms with E-state index in [2.05, 4.69) is 41.5 Å². The van der Waals surface area contributed by atoms with Crippen LogP contribution in [0.4, 0.5) is 0 Å². The third-order valence-electron chi connectivity index (χ3n) is 4.48. The van der Waals surface area contributed by atoms with Crippen LogP contribution in [0.15, 0.2) is 12.1 Å². The highest BCUT2D eigenvalue weighted by molar-refractivity contribution is 7.53. The summed E-state index contributed by atoms with van der Waals surface area (Å²) in [4.78, 5) is 0. The SMILES string of the molecule is CC1OP(=O)(Cc2cc(C(C)(C)C)c(O)c(C(C)(C)C)c2)OC1C. The molecule has 0 aliphatic carbocycles. The summed E-state index contributed by atoms with van der Waals surface area (Å²) in [5.41, 5.74) is 2.17. The second-order valence-corrected chi connectivity index (χ2v) is 10.9. The second-order valence-electron chi connectivity index (χ2n) is 8.93. The standard InChI is InChI=1S/C19H31O4P/c1-12-13(2)23-24(21,22-12)11-14-9-15(18(3,4)5)17(20)16(10-14)19(6,7)8/h9-10,12-13,20H,11H2,1-8H3. The molecule has 1 fully saturated rings. The summed E-state index contributed by atoms with van der Waals surface area (Å²) in [7, 11) is -3.15. The molecule has 1 aliphatic rings. The quantitative estimate of drug-likeness (QED) is 0.712. The van der Waals surface area contributed by atoms with E-state index in [1.165, 1.54) is 0 Å². The molecule has 2 rings (SSSR count). The van der Waals surface area contributed by atoms with Gasteiger partial charge in [-0.1, -0.05) is 53.7 Å². The van der Waals surface area contributed by atoms with Gasteiger partial charge < -0.3 is 14.2 Å². The molecule has 0 aromatic heterocycles. The van der Waals surface area contributed by atoms with Crippen LogP contribution < -0.4 is 0 Å². The van der Waals surface area contributed by atoms with Gasteiger partial charge in [0.05, 0.1) is 18.4 Å². The maximum atomic E-state index is 12.9. The Morgan fingerprint density at radius 2 is 1.33 bits per heavy atom. The van der Waals surface area contributed by atoms with Crippen molar-refractivity contribution in [2.75, 3.05) is 0 Å². The van der Waals surface area contributed by atoms with Gasteiger partial charge in [-0.2, -0.15) is 0 Å². The molecule has 1 saturated heterocycles. The molecule has 136 valence electrons. The van der Waals surface area contributed by atoms with Crippen molar-refractivity contribution in [1.82, 2.24) is 0 Å². The van der Waals surface area contributed by atoms with Crippen LogP contribution in [0.3, 0.4) is 0 Å². The lowest BCUT2D eigenvalue weighted by atomic mass is 9.78. The molecule has 4 nitrogen and oxygen atoms in total. The van der Waals surface area contributed by atoms with Gasteiger partial charge in [-0.3, -0.25) is 4.57 Å². The number of aromatic hydroxyl groups is 1. The van der Waals surface area contributed by atoms with E-state index in [-0.39, 0.29) is 29.2 Å². The van der Waals surface area contributed by atoms with Gasteiger partial charge in [-0.15, -0.1) is 0 Å². The highest BCUT2D eigenvalue weighted by atomic mass is 31.2. The summed E-state index contributed by atoms with van der Waals surface area (Å²) in [6.45, 7) is 16.1. The molecule has 1 heterocycles. The summed E-state index contributed by atoms with van der Waals surface area (Å²) in [6, 6.07) is 3.87. The Morgan fingerprint density at radius 3 is 1.67 bits per heavy atom. The van der Waals surface area contributed by atoms with Gasteiger partial charge in [0.15, 0.2) is 0 Å². The first kappa shape index (κ1) is 19.5. The lowest BCUT2D eigenvalue weighted by Gasteiger charge is -2.28. The zero-order chi connectivity index (χ0) is 18.5. The van der Waals surface area contributed by atoms with E-state index in [1.54, 1.807) is 0 Å². The van der Waals surface area contributed by atoms with Crippen LogP contribution in [0.5, 0.6) is 5.75 Å². The molecule has 5 heteroatoms. The number of phenolic OH excluding ortho intramolecular Hbond substituents is 1. The van der Waals surface area contributed by atoms with Gasteiger partial charge in [0.1, 0.15) is 5.75 Å². The van der Waals surface area contributed by atoms with Gasteiger partial charge in [-0.25, -0.2) is 0 Å². The van der Waals surface area contributed by atoms with Crippen LogP contribution in [0.2, 0.25) is 0 Å². The summed E-state index contributed by atoms with van der Waals surface area (Å²) in [6.07, 6.45) is -0.108. The van der Waals surface area contributed by atoms with E-state index in [9.17, 15) is 9.67 Å². The fourth-order valence-corrected chi connectivity index (χ4v) is 5.11. The van der Waals surface area contributed by atoms with Crippen LogP contribution in [0, 0.1) is 0 Å². The van der Waals surface area contributed by atoms with E-state index < -0.39 is 7.60 Å². The lowest BCUT2D eigenvalue weighted by molar-refractivity contribution is 0.187. The van der Waals surface area contributed by atoms with E-state index in [0.717, 1.165) is 16.7 Å². The molecule has 1 aromatic rings. The number of phenols is 1. The van der Waals surface area contributed by atoms with E-state index in [1.807, 2.05) is 26.0 Å². The second kappa shape index (κ2) is 6.16. The molecule has 0 radical (unpaired) electrons. The van der Waals surface area contributed by atoms with Crippen molar-refractivity contribution in [3.63, 3.8) is 0 Å². The van der Waals surface area contributed by atoms with E-state index >= 15 is 0 Å². The highest BCUT2D eigenvalue weighted by Gasteiger charge is 2.40. The third-order valence-corrected chi connectivity index (χ3v) is 6.54. The minimum atomic E-state index is -3.15. The maximum Gasteiger partial charge on any atom is 0.335 e. The normalized spacial score (nSPS) is 28.3. The topological polar surface area (TPSA) is 55.8 Å². The van der Waals surface area contributed by atoms with Crippen LogP contribution in [0.25, 0.3) is 0 Å². The molecular weight excluding hydrogens is 323 g/mol. The van der Waals surface area contributed by atoms with Crippen LogP contribution in [-0.4, -0.2) is 17.3 Å². The van der Waals surface area contributed by atoms with Crippen molar-refractivity contribution in [2.24, 2.45) is 0 Å². The van der Waals surface area contributed by atoms with E-state index in [4.69, 9.17) is 9.05 Å². The minimum Gasteiger partial charge on any atom is -0.507 e. The summed E-state index contributed by atoms with van der Waals surface area (Å²) >= 11 is 0. The molecule has 0 bridgehead atoms. The van der Waals surface area contributed by atoms with Gasteiger partial charge >= 0.3 is 7.60 Å². The van der Waals surface area contributed by atoms with Crippen molar-refractivity contribution in [3.8, 4) is 5.75 Å². The molecule has 1 N–H and O–H groups in total. The lowest BCUT2D eigenvalue weighted by Crippen LogP contribution is -2.18. The van der Waals surface area contributed by atoms with Gasteiger partial charge in [0.25, 0.3) is 0 Å². The molecule has 2 unspecified atom stereocenters. The maximum absolute atomic E-state index is 12.9. The summed E-state index contributed by atoms with van der Waals surface area (Å²) < 4.78 is 24.1. The smallest absolute Gasteiger partial charge is 0.335 e. The average Bonchev–Trinajstić information content (AvgIpc) is 2.62. The average molecular weight is 354 g/mol. The molecule has 1 aromatic carbocycles. The van der Waals surface area contributed by atoms with E-state index in [0.29, 0.717) is 5.75 Å². The first-order valence-electron chi connectivity index (χ1n) is 8.56. The summed E-state index contributed by atoms with van der Waals surface area (Å²) in [5, 5.41) is 10.8. The Morgan fingerprint density at radius 1 is 0.958 bits per heavy atom. The highest BCUT2D eigenvalue weighted by Crippen LogP contribution is 2.59. The Kier molecular flexibility index (Phi) is 5.00. The Balaban J connectivity index is 2.50. The largest absolute Gasteiger partial charge is 0.507 e. The molecule has 24 heavy (non-hydrogen) atoms. The zero-order valence-corrected chi connectivity index (χ0v) is 17.0. The summed E-state index contributed by atoms with van der Waals surface area (Å²) in [5.74, 6) is 0.326. The minimum absolute atomic E-state index is 0.169. The van der Waals surface area contributed by atoms with Crippen molar-refractivity contribution in [1.29, 1.82) is 0 Å².